The first-order valence-electron chi connectivity index (χ1n) is 31.4. The fourth-order valence-electron chi connectivity index (χ4n) is 8.37. The minimum atomic E-state index is -1.52. The number of hydrogen-bond acceptors (Lipinski definition) is 3. The number of nitrogens with zero attached hydrogens (tertiary/aromatic N) is 3. The zero-order valence-electron chi connectivity index (χ0n) is 58.0. The lowest BCUT2D eigenvalue weighted by Gasteiger charge is -2.39. The van der Waals surface area contributed by atoms with Crippen molar-refractivity contribution >= 4 is 90.2 Å². The van der Waals surface area contributed by atoms with E-state index in [1.807, 2.05) is 0 Å². The number of fused-ring (bicyclic) bond motifs is 9. The van der Waals surface area contributed by atoms with Gasteiger partial charge >= 0.3 is 0 Å². The summed E-state index contributed by atoms with van der Waals surface area (Å²) in [6.07, 6.45) is 0. The molecular formula is C57H54BN3O. The van der Waals surface area contributed by atoms with Crippen LogP contribution in [-0.4, -0.2) is 11.3 Å². The van der Waals surface area contributed by atoms with Gasteiger partial charge in [-0.2, -0.15) is 0 Å². The number of furan rings is 1. The lowest BCUT2D eigenvalue weighted by Crippen LogP contribution is -2.60. The van der Waals surface area contributed by atoms with Crippen molar-refractivity contribution in [3.8, 4) is 5.69 Å². The first-order valence-corrected chi connectivity index (χ1v) is 20.4. The van der Waals surface area contributed by atoms with Crippen LogP contribution in [0.4, 0.5) is 34.3 Å². The zero-order valence-corrected chi connectivity index (χ0v) is 36.0. The van der Waals surface area contributed by atoms with Gasteiger partial charge in [0.1, 0.15) is 5.58 Å². The second-order valence-corrected chi connectivity index (χ2v) is 19.0. The van der Waals surface area contributed by atoms with Crippen molar-refractivity contribution in [2.75, 3.05) is 9.80 Å². The summed E-state index contributed by atoms with van der Waals surface area (Å²) < 4.78 is 219. The average Bonchev–Trinajstić information content (AvgIpc) is 1.43. The van der Waals surface area contributed by atoms with Crippen molar-refractivity contribution in [1.29, 1.82) is 0 Å². The van der Waals surface area contributed by atoms with Crippen LogP contribution in [0.3, 0.4) is 0 Å². The van der Waals surface area contributed by atoms with Gasteiger partial charge in [0.05, 0.1) is 41.4 Å². The van der Waals surface area contributed by atoms with Crippen LogP contribution in [0.25, 0.3) is 38.5 Å². The Kier molecular flexibility index (Phi) is 4.62. The highest BCUT2D eigenvalue weighted by Gasteiger charge is 2.46. The second-order valence-electron chi connectivity index (χ2n) is 19.0. The van der Waals surface area contributed by atoms with Crippen LogP contribution in [0.5, 0.6) is 0 Å². The summed E-state index contributed by atoms with van der Waals surface area (Å²) in [6.45, 7) is 15.2. The summed E-state index contributed by atoms with van der Waals surface area (Å²) >= 11 is 0. The van der Waals surface area contributed by atoms with Gasteiger partial charge in [-0.25, -0.2) is 0 Å². The molecule has 0 saturated heterocycles. The van der Waals surface area contributed by atoms with Crippen LogP contribution >= 0.6 is 0 Å². The first kappa shape index (κ1) is 21.6. The monoisotopic (exact) mass is 830 g/mol. The van der Waals surface area contributed by atoms with E-state index in [4.69, 9.17) is 7.16 Å². The number of para-hydroxylation sites is 2. The predicted molar refractivity (Wildman–Crippen MR) is 265 cm³/mol. The van der Waals surface area contributed by atoms with Crippen molar-refractivity contribution in [2.24, 2.45) is 0 Å². The Morgan fingerprint density at radius 1 is 0.548 bits per heavy atom. The SMILES string of the molecule is [2H]c1c([2H])c(N2c3cc(N(c4c([2H])c([2H])c(C(C)(C)C)c([2H])c4[2H])c4c([2H])c([2H])c(C(C)(C)C)c([2H])c4[2H])cc4c3B(c3c2oc2c([2H])c(C(C)(C)C)c([2H])c([2H])c32)c2c([2H])c([2H])c([2H])c3c5c([2H])c([2H])c([2H])c([2H])c5n-4c23)c([2H])c([2H])c1C. The molecule has 0 bridgehead atoms. The summed E-state index contributed by atoms with van der Waals surface area (Å²) in [5.74, 6) is -0.380. The van der Waals surface area contributed by atoms with Crippen LogP contribution in [0.2, 0.25) is 0 Å². The molecule has 9 aromatic rings. The third-order valence-electron chi connectivity index (χ3n) is 11.5. The van der Waals surface area contributed by atoms with Crippen molar-refractivity contribution in [1.82, 2.24) is 4.57 Å². The van der Waals surface area contributed by atoms with E-state index in [1.165, 1.54) is 28.5 Å². The van der Waals surface area contributed by atoms with Gasteiger partial charge in [0.15, 0.2) is 0 Å². The van der Waals surface area contributed by atoms with Crippen LogP contribution in [-0.2, 0) is 16.2 Å². The molecular weight excluding hydrogens is 753 g/mol. The summed E-state index contributed by atoms with van der Waals surface area (Å²) in [7, 11) is 0. The molecule has 2 aliphatic heterocycles. The van der Waals surface area contributed by atoms with Crippen molar-refractivity contribution in [2.45, 2.75) is 85.5 Å². The molecule has 0 amide bonds. The zero-order chi connectivity index (χ0) is 62.2. The van der Waals surface area contributed by atoms with Gasteiger partial charge in [0, 0.05) is 55.6 Å². The molecule has 4 heterocycles. The number of hydrogen-bond donors (Lipinski definition) is 0. The molecule has 11 rings (SSSR count). The van der Waals surface area contributed by atoms with E-state index in [0.717, 1.165) is 4.90 Å². The van der Waals surface area contributed by atoms with E-state index in [2.05, 4.69) is 0 Å². The van der Waals surface area contributed by atoms with Gasteiger partial charge in [0.2, 0.25) is 5.88 Å². The molecule has 306 valence electrons. The Balaban J connectivity index is 1.48. The maximum Gasteiger partial charge on any atom is 0.257 e. The van der Waals surface area contributed by atoms with E-state index in [9.17, 15) is 27.4 Å². The van der Waals surface area contributed by atoms with E-state index in [1.54, 1.807) is 62.3 Å². The van der Waals surface area contributed by atoms with Crippen LogP contribution in [0.1, 0.15) is 115 Å². The standard InChI is InChI=1S/C57H54BN3O/c1-35-18-25-41(26-19-35)60-48-33-42(59(39-27-20-36(21-28-39)55(2,3)4)40-29-22-37(23-30-40)56(5,6)7)34-49-52(48)58(51-45-31-24-38(57(8,9)10)32-50(45)62-54(51)60)46-16-13-15-44-43-14-11-12-17-47(43)61(49)53(44)46/h11-34H,1-10H3/i11D,12D,13D,14D,15D,16D,17D,18D,19D,20D,21D,22D,23D,24D,25D,26D,27D,28D,29D,30D,31D,32D. The Hall–Kier alpha value is -6.46. The quantitative estimate of drug-likeness (QED) is 0.165. The van der Waals surface area contributed by atoms with E-state index in [-0.39, 0.29) is 106 Å². The molecule has 4 nitrogen and oxygen atoms in total. The number of benzene rings is 7. The molecule has 0 aliphatic carbocycles. The second kappa shape index (κ2) is 13.3. The molecule has 0 radical (unpaired) electrons. The summed E-state index contributed by atoms with van der Waals surface area (Å²) in [5.41, 5.74) is -6.16. The predicted octanol–water partition coefficient (Wildman–Crippen LogP) is 13.8. The minimum absolute atomic E-state index is 0.00157. The van der Waals surface area contributed by atoms with E-state index in [0.29, 0.717) is 0 Å². The van der Waals surface area contributed by atoms with Crippen molar-refractivity contribution in [3.63, 3.8) is 0 Å². The summed E-state index contributed by atoms with van der Waals surface area (Å²) in [4.78, 5) is 2.19. The fraction of sp³-hybridized carbons (Fsp3) is 0.228. The summed E-state index contributed by atoms with van der Waals surface area (Å²) in [5, 5.41) is -0.638. The number of anilines is 6. The minimum Gasteiger partial charge on any atom is -0.440 e. The molecule has 7 aromatic carbocycles. The molecule has 0 saturated carbocycles. The highest BCUT2D eigenvalue weighted by atomic mass is 16.4. The molecule has 0 atom stereocenters. The van der Waals surface area contributed by atoms with Crippen LogP contribution in [0.15, 0.2) is 149 Å². The molecule has 2 aliphatic rings. The molecule has 2 aromatic heterocycles. The molecule has 0 spiro atoms. The Labute approximate surface area is 397 Å². The van der Waals surface area contributed by atoms with Gasteiger partial charge < -0.3 is 13.9 Å². The number of rotatable bonds is 4. The maximum absolute atomic E-state index is 9.91. The average molecular weight is 830 g/mol. The normalized spacial score (nSPS) is 18.5. The van der Waals surface area contributed by atoms with Gasteiger partial charge in [0.25, 0.3) is 6.71 Å². The largest absolute Gasteiger partial charge is 0.440 e. The van der Waals surface area contributed by atoms with Crippen molar-refractivity contribution < 1.29 is 34.6 Å². The van der Waals surface area contributed by atoms with Crippen LogP contribution < -0.4 is 26.2 Å². The lowest BCUT2D eigenvalue weighted by atomic mass is 9.34. The molecule has 0 N–H and O–H groups in total. The Morgan fingerprint density at radius 3 is 1.76 bits per heavy atom. The van der Waals surface area contributed by atoms with Crippen LogP contribution in [0, 0.1) is 6.92 Å². The molecule has 62 heavy (non-hydrogen) atoms. The maximum atomic E-state index is 9.91. The lowest BCUT2D eigenvalue weighted by molar-refractivity contribution is 0.584. The van der Waals surface area contributed by atoms with Crippen molar-refractivity contribution in [3.05, 3.63) is 167 Å². The topological polar surface area (TPSA) is 24.6 Å². The van der Waals surface area contributed by atoms with Gasteiger partial charge in [-0.15, -0.1) is 0 Å². The molecule has 0 unspecified atom stereocenters. The molecule has 5 heteroatoms. The summed E-state index contributed by atoms with van der Waals surface area (Å²) in [6, 6.07) is -10.3. The van der Waals surface area contributed by atoms with Gasteiger partial charge in [-0.1, -0.05) is 152 Å². The first-order chi connectivity index (χ1) is 38.8. The number of aromatic nitrogens is 1. The molecule has 0 fully saturated rings. The fourth-order valence-corrected chi connectivity index (χ4v) is 8.37. The van der Waals surface area contributed by atoms with Gasteiger partial charge in [-0.05, 0) is 111 Å². The van der Waals surface area contributed by atoms with E-state index < -0.39 is 161 Å². The Morgan fingerprint density at radius 2 is 1.13 bits per heavy atom. The Bertz CT molecular complexity index is 4400. The highest BCUT2D eigenvalue weighted by Crippen LogP contribution is 2.47. The highest BCUT2D eigenvalue weighted by molar-refractivity contribution is 7.01. The third-order valence-corrected chi connectivity index (χ3v) is 11.5. The van der Waals surface area contributed by atoms with Gasteiger partial charge in [-0.3, -0.25) is 4.90 Å². The third kappa shape index (κ3) is 5.81. The van der Waals surface area contributed by atoms with E-state index >= 15 is 0 Å². The smallest absolute Gasteiger partial charge is 0.257 e.